The van der Waals surface area contributed by atoms with E-state index in [1.807, 2.05) is 13.8 Å². The molecular formula is C19H26O2. The summed E-state index contributed by atoms with van der Waals surface area (Å²) in [5, 5.41) is 0. The maximum Gasteiger partial charge on any atom is 0.228 e. The van der Waals surface area contributed by atoms with Crippen LogP contribution in [0.15, 0.2) is 23.3 Å². The second-order valence-electron chi connectivity index (χ2n) is 6.41. The quantitative estimate of drug-likeness (QED) is 0.336. The van der Waals surface area contributed by atoms with Crippen LogP contribution in [0.25, 0.3) is 0 Å². The minimum absolute atomic E-state index is 0.127. The lowest BCUT2D eigenvalue weighted by atomic mass is 9.73. The highest BCUT2D eigenvalue weighted by Crippen LogP contribution is 2.35. The van der Waals surface area contributed by atoms with E-state index in [9.17, 15) is 9.59 Å². The molecule has 0 bridgehead atoms. The Balaban J connectivity index is 3.11. The molecule has 0 saturated heterocycles. The van der Waals surface area contributed by atoms with E-state index in [1.54, 1.807) is 6.08 Å². The molecule has 21 heavy (non-hydrogen) atoms. The van der Waals surface area contributed by atoms with Crippen molar-refractivity contribution in [2.75, 3.05) is 0 Å². The number of carbonyl (C=O) groups is 2. The van der Waals surface area contributed by atoms with Gasteiger partial charge in [0.25, 0.3) is 0 Å². The van der Waals surface area contributed by atoms with Gasteiger partial charge in [-0.05, 0) is 64.4 Å². The fourth-order valence-corrected chi connectivity index (χ4v) is 2.48. The molecule has 0 N–H and O–H groups in total. The average Bonchev–Trinajstić information content (AvgIpc) is 2.42. The second kappa shape index (κ2) is 7.98. The molecule has 0 fully saturated rings. The fraction of sp³-hybridized carbons (Fsp3) is 0.579. The third-order valence-corrected chi connectivity index (χ3v) is 4.46. The maximum atomic E-state index is 11.9. The van der Waals surface area contributed by atoms with Crippen molar-refractivity contribution in [1.82, 2.24) is 0 Å². The molecule has 0 radical (unpaired) electrons. The van der Waals surface area contributed by atoms with Gasteiger partial charge in [-0.2, -0.15) is 0 Å². The molecule has 0 aromatic rings. The number of carbonyl (C=O) groups excluding carboxylic acids is 2. The van der Waals surface area contributed by atoms with Gasteiger partial charge in [0.2, 0.25) is 5.78 Å². The van der Waals surface area contributed by atoms with Crippen LogP contribution in [0.4, 0.5) is 0 Å². The number of aldehydes is 1. The fourth-order valence-electron chi connectivity index (χ4n) is 2.48. The summed E-state index contributed by atoms with van der Waals surface area (Å²) in [6.45, 7) is 8.23. The lowest BCUT2D eigenvalue weighted by molar-refractivity contribution is -0.110. The largest absolute Gasteiger partial charge is 0.303 e. The van der Waals surface area contributed by atoms with Gasteiger partial charge >= 0.3 is 0 Å². The van der Waals surface area contributed by atoms with Crippen molar-refractivity contribution in [2.45, 2.75) is 59.8 Å². The van der Waals surface area contributed by atoms with Gasteiger partial charge in [0.1, 0.15) is 6.29 Å². The van der Waals surface area contributed by atoms with Crippen molar-refractivity contribution in [3.8, 4) is 11.8 Å². The molecule has 2 atom stereocenters. The molecule has 0 unspecified atom stereocenters. The lowest BCUT2D eigenvalue weighted by Gasteiger charge is -2.30. The molecule has 0 amide bonds. The van der Waals surface area contributed by atoms with Crippen LogP contribution in [0.2, 0.25) is 0 Å². The Bertz CT molecular complexity index is 513. The van der Waals surface area contributed by atoms with Crippen molar-refractivity contribution in [3.63, 3.8) is 0 Å². The van der Waals surface area contributed by atoms with Crippen LogP contribution in [0.5, 0.6) is 0 Å². The van der Waals surface area contributed by atoms with Gasteiger partial charge in [0.05, 0.1) is 0 Å². The zero-order valence-electron chi connectivity index (χ0n) is 13.7. The van der Waals surface area contributed by atoms with E-state index in [0.717, 1.165) is 37.5 Å². The summed E-state index contributed by atoms with van der Waals surface area (Å²) in [5.41, 5.74) is 2.13. The smallest absolute Gasteiger partial charge is 0.228 e. The van der Waals surface area contributed by atoms with Gasteiger partial charge in [-0.1, -0.05) is 30.1 Å². The van der Waals surface area contributed by atoms with Gasteiger partial charge in [0, 0.05) is 11.8 Å². The highest BCUT2D eigenvalue weighted by Gasteiger charge is 2.29. The van der Waals surface area contributed by atoms with E-state index in [4.69, 9.17) is 0 Å². The monoisotopic (exact) mass is 286 g/mol. The van der Waals surface area contributed by atoms with Gasteiger partial charge in [-0.15, -0.1) is 0 Å². The minimum Gasteiger partial charge on any atom is -0.303 e. The summed E-state index contributed by atoms with van der Waals surface area (Å²) in [6, 6.07) is 0. The SMILES string of the molecule is C/C1=C\C(=O)C#C[C@](C)([C@H](C)CC=O)CC/C(C)=C/CC1. The number of ketones is 1. The molecule has 0 saturated carbocycles. The highest BCUT2D eigenvalue weighted by atomic mass is 16.1. The lowest BCUT2D eigenvalue weighted by Crippen LogP contribution is -2.24. The van der Waals surface area contributed by atoms with Crippen LogP contribution >= 0.6 is 0 Å². The normalized spacial score (nSPS) is 30.4. The van der Waals surface area contributed by atoms with Gasteiger partial charge in [0.15, 0.2) is 0 Å². The third-order valence-electron chi connectivity index (χ3n) is 4.46. The van der Waals surface area contributed by atoms with Crippen LogP contribution in [0.3, 0.4) is 0 Å². The Morgan fingerprint density at radius 2 is 2.05 bits per heavy atom. The van der Waals surface area contributed by atoms with E-state index >= 15 is 0 Å². The molecule has 114 valence electrons. The van der Waals surface area contributed by atoms with Crippen molar-refractivity contribution in [2.24, 2.45) is 11.3 Å². The third kappa shape index (κ3) is 5.71. The summed E-state index contributed by atoms with van der Waals surface area (Å²) in [7, 11) is 0. The van der Waals surface area contributed by atoms with Crippen molar-refractivity contribution in [1.29, 1.82) is 0 Å². The van der Waals surface area contributed by atoms with Gasteiger partial charge in [-0.3, -0.25) is 4.79 Å². The number of rotatable bonds is 3. The highest BCUT2D eigenvalue weighted by molar-refractivity contribution is 6.04. The molecule has 2 nitrogen and oxygen atoms in total. The van der Waals surface area contributed by atoms with Crippen LogP contribution in [-0.4, -0.2) is 12.1 Å². The van der Waals surface area contributed by atoms with Gasteiger partial charge < -0.3 is 4.79 Å². The first kappa shape index (κ1) is 17.4. The summed E-state index contributed by atoms with van der Waals surface area (Å²) >= 11 is 0. The first-order valence-electron chi connectivity index (χ1n) is 7.71. The summed E-state index contributed by atoms with van der Waals surface area (Å²) in [5.74, 6) is 5.96. The molecule has 0 aliphatic heterocycles. The molecule has 1 aliphatic carbocycles. The Morgan fingerprint density at radius 1 is 1.33 bits per heavy atom. The van der Waals surface area contributed by atoms with E-state index in [0.29, 0.717) is 6.42 Å². The van der Waals surface area contributed by atoms with E-state index in [2.05, 4.69) is 31.8 Å². The average molecular weight is 286 g/mol. The summed E-state index contributed by atoms with van der Waals surface area (Å²) in [4.78, 5) is 22.7. The van der Waals surface area contributed by atoms with E-state index in [1.165, 1.54) is 5.57 Å². The first-order chi connectivity index (χ1) is 9.87. The van der Waals surface area contributed by atoms with Crippen molar-refractivity contribution in [3.05, 3.63) is 23.3 Å². The predicted molar refractivity (Wildman–Crippen MR) is 86.7 cm³/mol. The van der Waals surface area contributed by atoms with Crippen LogP contribution in [0.1, 0.15) is 59.8 Å². The van der Waals surface area contributed by atoms with Crippen LogP contribution in [-0.2, 0) is 9.59 Å². The zero-order valence-corrected chi connectivity index (χ0v) is 13.7. The Kier molecular flexibility index (Phi) is 6.62. The molecule has 0 aromatic heterocycles. The van der Waals surface area contributed by atoms with Crippen LogP contribution < -0.4 is 0 Å². The van der Waals surface area contributed by atoms with Crippen molar-refractivity contribution >= 4 is 12.1 Å². The molecule has 1 aliphatic rings. The minimum atomic E-state index is -0.299. The Morgan fingerprint density at radius 3 is 2.71 bits per heavy atom. The predicted octanol–water partition coefficient (Wildman–Crippen LogP) is 4.26. The standard InChI is InChI=1S/C19H26O2/c1-15-6-5-7-16(2)14-18(21)9-12-19(4,11-8-15)17(3)10-13-20/h6,13-14,17H,5,7-8,10-11H2,1-4H3/b15-6+,16-14+/t17-,19-/m1/s1. The van der Waals surface area contributed by atoms with Gasteiger partial charge in [-0.25, -0.2) is 0 Å². The van der Waals surface area contributed by atoms with Crippen molar-refractivity contribution < 1.29 is 9.59 Å². The second-order valence-corrected chi connectivity index (χ2v) is 6.41. The zero-order chi connectivity index (χ0) is 15.9. The molecule has 2 heteroatoms. The topological polar surface area (TPSA) is 34.1 Å². The van der Waals surface area contributed by atoms with E-state index < -0.39 is 0 Å². The van der Waals surface area contributed by atoms with Crippen LogP contribution in [0, 0.1) is 23.2 Å². The molecule has 0 spiro atoms. The molecule has 0 aromatic carbocycles. The molecular weight excluding hydrogens is 260 g/mol. The Hall–Kier alpha value is -1.62. The number of allylic oxidation sites excluding steroid dienone is 4. The first-order valence-corrected chi connectivity index (χ1v) is 7.71. The van der Waals surface area contributed by atoms with E-state index in [-0.39, 0.29) is 17.1 Å². The summed E-state index contributed by atoms with van der Waals surface area (Å²) in [6.07, 6.45) is 9.04. The molecule has 1 rings (SSSR count). The molecule has 0 heterocycles. The number of hydrogen-bond donors (Lipinski definition) is 0. The number of hydrogen-bond acceptors (Lipinski definition) is 2. The maximum absolute atomic E-state index is 11.9. The Labute approximate surface area is 128 Å². The summed E-state index contributed by atoms with van der Waals surface area (Å²) < 4.78 is 0.